The first-order valence-electron chi connectivity index (χ1n) is 7.81. The summed E-state index contributed by atoms with van der Waals surface area (Å²) in [5.74, 6) is -0.794. The van der Waals surface area contributed by atoms with E-state index in [1.807, 2.05) is 0 Å². The molecule has 1 fully saturated rings. The van der Waals surface area contributed by atoms with Crippen LogP contribution < -0.4 is 4.72 Å². The van der Waals surface area contributed by atoms with Crippen LogP contribution in [0.15, 0.2) is 47.4 Å². The molecular weight excluding hydrogens is 367 g/mol. The van der Waals surface area contributed by atoms with Crippen molar-refractivity contribution in [1.82, 2.24) is 4.90 Å². The van der Waals surface area contributed by atoms with E-state index in [9.17, 15) is 12.8 Å². The molecule has 1 aliphatic heterocycles. The van der Waals surface area contributed by atoms with Gasteiger partial charge in [-0.1, -0.05) is 23.7 Å². The highest BCUT2D eigenvalue weighted by Crippen LogP contribution is 2.25. The minimum atomic E-state index is -4.01. The fourth-order valence-corrected chi connectivity index (χ4v) is 3.94. The van der Waals surface area contributed by atoms with Crippen LogP contribution >= 0.6 is 11.6 Å². The Morgan fingerprint density at radius 1 is 1.16 bits per heavy atom. The molecule has 0 aliphatic carbocycles. The fraction of sp³-hybridized carbons (Fsp3) is 0.294. The van der Waals surface area contributed by atoms with Crippen LogP contribution in [0.25, 0.3) is 0 Å². The van der Waals surface area contributed by atoms with Crippen molar-refractivity contribution in [3.63, 3.8) is 0 Å². The van der Waals surface area contributed by atoms with Crippen molar-refractivity contribution >= 4 is 27.3 Å². The van der Waals surface area contributed by atoms with Gasteiger partial charge in [0.25, 0.3) is 10.0 Å². The number of benzene rings is 2. The molecule has 0 amide bonds. The Morgan fingerprint density at radius 2 is 1.88 bits per heavy atom. The van der Waals surface area contributed by atoms with Gasteiger partial charge in [0.05, 0.1) is 13.2 Å². The zero-order valence-corrected chi connectivity index (χ0v) is 15.0. The molecule has 5 nitrogen and oxygen atoms in total. The maximum atomic E-state index is 13.8. The first-order valence-corrected chi connectivity index (χ1v) is 9.68. The number of rotatable bonds is 5. The Morgan fingerprint density at radius 3 is 2.60 bits per heavy atom. The average Bonchev–Trinajstić information content (AvgIpc) is 2.59. The third-order valence-corrected chi connectivity index (χ3v) is 5.71. The average molecular weight is 385 g/mol. The van der Waals surface area contributed by atoms with Gasteiger partial charge < -0.3 is 4.74 Å². The van der Waals surface area contributed by atoms with Gasteiger partial charge in [-0.15, -0.1) is 0 Å². The number of nitrogens with zero attached hydrogens (tertiary/aromatic N) is 1. The molecule has 0 saturated carbocycles. The summed E-state index contributed by atoms with van der Waals surface area (Å²) in [5, 5.41) is 0.556. The summed E-state index contributed by atoms with van der Waals surface area (Å²) in [7, 11) is -4.01. The van der Waals surface area contributed by atoms with E-state index in [0.29, 0.717) is 30.5 Å². The lowest BCUT2D eigenvalue weighted by molar-refractivity contribution is 0.0342. The number of anilines is 1. The van der Waals surface area contributed by atoms with Gasteiger partial charge in [-0.05, 0) is 35.9 Å². The Labute approximate surface area is 151 Å². The highest BCUT2D eigenvalue weighted by Gasteiger charge is 2.19. The molecule has 2 aromatic rings. The van der Waals surface area contributed by atoms with Crippen molar-refractivity contribution in [1.29, 1.82) is 0 Å². The topological polar surface area (TPSA) is 58.6 Å². The molecule has 0 bridgehead atoms. The molecule has 134 valence electrons. The van der Waals surface area contributed by atoms with E-state index < -0.39 is 15.8 Å². The van der Waals surface area contributed by atoms with Gasteiger partial charge in [-0.3, -0.25) is 9.62 Å². The maximum absolute atomic E-state index is 13.8. The van der Waals surface area contributed by atoms with Crippen LogP contribution in [-0.4, -0.2) is 39.6 Å². The lowest BCUT2D eigenvalue weighted by atomic mass is 10.2. The van der Waals surface area contributed by atoms with Crippen LogP contribution in [0.3, 0.4) is 0 Å². The van der Waals surface area contributed by atoms with Crippen LogP contribution in [0.5, 0.6) is 0 Å². The van der Waals surface area contributed by atoms with Gasteiger partial charge in [-0.2, -0.15) is 0 Å². The number of morpholine rings is 1. The van der Waals surface area contributed by atoms with Crippen LogP contribution in [0.4, 0.5) is 10.1 Å². The maximum Gasteiger partial charge on any atom is 0.264 e. The van der Waals surface area contributed by atoms with Gasteiger partial charge >= 0.3 is 0 Å². The largest absolute Gasteiger partial charge is 0.379 e. The van der Waals surface area contributed by atoms with Crippen molar-refractivity contribution < 1.29 is 17.5 Å². The van der Waals surface area contributed by atoms with Crippen LogP contribution in [-0.2, 0) is 21.3 Å². The molecule has 1 aliphatic rings. The smallest absolute Gasteiger partial charge is 0.264 e. The summed E-state index contributed by atoms with van der Waals surface area (Å²) in [6.07, 6.45) is 0. The molecule has 0 atom stereocenters. The van der Waals surface area contributed by atoms with Gasteiger partial charge in [0.15, 0.2) is 0 Å². The molecule has 3 rings (SSSR count). The summed E-state index contributed by atoms with van der Waals surface area (Å²) in [4.78, 5) is 1.79. The monoisotopic (exact) mass is 384 g/mol. The number of halogens is 2. The zero-order valence-electron chi connectivity index (χ0n) is 13.4. The summed E-state index contributed by atoms with van der Waals surface area (Å²) in [6.45, 7) is 3.51. The lowest BCUT2D eigenvalue weighted by Crippen LogP contribution is -2.35. The van der Waals surface area contributed by atoms with E-state index in [-0.39, 0.29) is 4.90 Å². The first-order chi connectivity index (χ1) is 12.0. The van der Waals surface area contributed by atoms with E-state index in [2.05, 4.69) is 9.62 Å². The first kappa shape index (κ1) is 18.1. The number of nitrogens with one attached hydrogen (secondary N) is 1. The Bertz CT molecular complexity index is 855. The number of hydrogen-bond acceptors (Lipinski definition) is 4. The standard InChI is InChI=1S/C17H18ClFN2O3S/c18-15-6-5-14(11-13(15)12-21-7-9-24-10-8-21)20-25(22,23)17-4-2-1-3-16(17)19/h1-6,11,20H,7-10,12H2. The second-order valence-corrected chi connectivity index (χ2v) is 7.79. The number of ether oxygens (including phenoxy) is 1. The third-order valence-electron chi connectivity index (χ3n) is 3.92. The second kappa shape index (κ2) is 7.70. The summed E-state index contributed by atoms with van der Waals surface area (Å²) < 4.78 is 46.3. The zero-order chi connectivity index (χ0) is 17.9. The van der Waals surface area contributed by atoms with E-state index in [1.54, 1.807) is 18.2 Å². The van der Waals surface area contributed by atoms with Crippen molar-refractivity contribution in [2.45, 2.75) is 11.4 Å². The van der Waals surface area contributed by atoms with E-state index in [4.69, 9.17) is 16.3 Å². The molecule has 8 heteroatoms. The highest BCUT2D eigenvalue weighted by atomic mass is 35.5. The minimum Gasteiger partial charge on any atom is -0.379 e. The van der Waals surface area contributed by atoms with E-state index in [0.717, 1.165) is 24.7 Å². The van der Waals surface area contributed by atoms with Gasteiger partial charge in [0.1, 0.15) is 10.7 Å². The molecule has 0 aromatic heterocycles. The molecular formula is C17H18ClFN2O3S. The number of sulfonamides is 1. The fourth-order valence-electron chi connectivity index (χ4n) is 2.63. The van der Waals surface area contributed by atoms with Crippen LogP contribution in [0.1, 0.15) is 5.56 Å². The number of hydrogen-bond donors (Lipinski definition) is 1. The minimum absolute atomic E-state index is 0.343. The molecule has 1 heterocycles. The predicted molar refractivity (Wildman–Crippen MR) is 94.8 cm³/mol. The Hall–Kier alpha value is -1.67. The SMILES string of the molecule is O=S(=O)(Nc1ccc(Cl)c(CN2CCOCC2)c1)c1ccccc1F. The molecule has 0 unspecified atom stereocenters. The highest BCUT2D eigenvalue weighted by molar-refractivity contribution is 7.92. The molecule has 2 aromatic carbocycles. The lowest BCUT2D eigenvalue weighted by Gasteiger charge is -2.27. The van der Waals surface area contributed by atoms with Crippen molar-refractivity contribution in [2.75, 3.05) is 31.0 Å². The normalized spacial score (nSPS) is 15.9. The third kappa shape index (κ3) is 4.49. The molecule has 0 radical (unpaired) electrons. The van der Waals surface area contributed by atoms with E-state index in [1.165, 1.54) is 18.2 Å². The summed E-state index contributed by atoms with van der Waals surface area (Å²) in [6, 6.07) is 10.1. The Balaban J connectivity index is 1.81. The molecule has 25 heavy (non-hydrogen) atoms. The molecule has 0 spiro atoms. The van der Waals surface area contributed by atoms with Crippen LogP contribution in [0, 0.1) is 5.82 Å². The van der Waals surface area contributed by atoms with Gasteiger partial charge in [0, 0.05) is 30.3 Å². The predicted octanol–water partition coefficient (Wildman–Crippen LogP) is 3.11. The molecule has 1 N–H and O–H groups in total. The van der Waals surface area contributed by atoms with Gasteiger partial charge in [-0.25, -0.2) is 12.8 Å². The van der Waals surface area contributed by atoms with Crippen molar-refractivity contribution in [2.24, 2.45) is 0 Å². The Kier molecular flexibility index (Phi) is 5.58. The van der Waals surface area contributed by atoms with Crippen molar-refractivity contribution in [3.8, 4) is 0 Å². The molecule has 1 saturated heterocycles. The summed E-state index contributed by atoms with van der Waals surface area (Å²) >= 11 is 6.23. The quantitative estimate of drug-likeness (QED) is 0.860. The van der Waals surface area contributed by atoms with Gasteiger partial charge in [0.2, 0.25) is 0 Å². The second-order valence-electron chi connectivity index (χ2n) is 5.73. The van der Waals surface area contributed by atoms with E-state index >= 15 is 0 Å². The summed E-state index contributed by atoms with van der Waals surface area (Å²) in [5.41, 5.74) is 1.15. The van der Waals surface area contributed by atoms with Crippen molar-refractivity contribution in [3.05, 3.63) is 58.9 Å². The van der Waals surface area contributed by atoms with Crippen LogP contribution in [0.2, 0.25) is 5.02 Å².